The zero-order chi connectivity index (χ0) is 9.73. The summed E-state index contributed by atoms with van der Waals surface area (Å²) < 4.78 is 28.1. The molecule has 72 valence electrons. The van der Waals surface area contributed by atoms with Gasteiger partial charge in [-0.05, 0) is 0 Å². The molecule has 0 saturated heterocycles. The Bertz CT molecular complexity index is 351. The van der Waals surface area contributed by atoms with E-state index < -0.39 is 10.1 Å². The molecule has 0 aliphatic carbocycles. The van der Waals surface area contributed by atoms with Crippen molar-refractivity contribution in [2.24, 2.45) is 0 Å². The highest BCUT2D eigenvalue weighted by Gasteiger charge is 2.16. The molecular formula is C7H9BrNO3S+. The Kier molecular flexibility index (Phi) is 3.68. The Labute approximate surface area is 85.4 Å². The SMILES string of the molecule is O=S(=O)(CCBr)O[n+]1ccccc1. The summed E-state index contributed by atoms with van der Waals surface area (Å²) in [7, 11) is -3.47. The molecule has 0 aromatic carbocycles. The molecule has 0 spiro atoms. The lowest BCUT2D eigenvalue weighted by Gasteiger charge is -1.96. The summed E-state index contributed by atoms with van der Waals surface area (Å²) in [6, 6.07) is 5.14. The predicted molar refractivity (Wildman–Crippen MR) is 50.8 cm³/mol. The molecular weight excluding hydrogens is 258 g/mol. The highest BCUT2D eigenvalue weighted by atomic mass is 79.9. The lowest BCUT2D eigenvalue weighted by molar-refractivity contribution is -0.856. The largest absolute Gasteiger partial charge is 0.368 e. The average Bonchev–Trinajstić information content (AvgIpc) is 2.04. The molecule has 1 aromatic rings. The van der Waals surface area contributed by atoms with Gasteiger partial charge in [0.1, 0.15) is 5.75 Å². The van der Waals surface area contributed by atoms with Gasteiger partial charge in [0, 0.05) is 22.2 Å². The lowest BCUT2D eigenvalue weighted by atomic mass is 10.5. The van der Waals surface area contributed by atoms with Gasteiger partial charge in [0.05, 0.1) is 0 Å². The third kappa shape index (κ3) is 3.73. The van der Waals surface area contributed by atoms with Crippen molar-refractivity contribution in [3.8, 4) is 0 Å². The predicted octanol–water partition coefficient (Wildman–Crippen LogP) is 0.127. The fraction of sp³-hybridized carbons (Fsp3) is 0.286. The molecule has 0 saturated carbocycles. The second kappa shape index (κ2) is 4.57. The van der Waals surface area contributed by atoms with E-state index in [2.05, 4.69) is 15.9 Å². The average molecular weight is 267 g/mol. The number of alkyl halides is 1. The summed E-state index contributed by atoms with van der Waals surface area (Å²) in [5.41, 5.74) is 0. The summed E-state index contributed by atoms with van der Waals surface area (Å²) in [6.07, 6.45) is 3.04. The standard InChI is InChI=1S/C7H9BrNO3S/c8-4-7-13(10,11)12-9-5-2-1-3-6-9/h1-3,5-6H,4,7H2/q+1. The quantitative estimate of drug-likeness (QED) is 0.575. The van der Waals surface area contributed by atoms with Gasteiger partial charge in [-0.25, -0.2) is 0 Å². The molecule has 0 aliphatic heterocycles. The van der Waals surface area contributed by atoms with Crippen LogP contribution >= 0.6 is 15.9 Å². The fourth-order valence-corrected chi connectivity index (χ4v) is 2.51. The summed E-state index contributed by atoms with van der Waals surface area (Å²) in [5, 5.41) is 0.364. The van der Waals surface area contributed by atoms with Gasteiger partial charge in [0.25, 0.3) is 0 Å². The Hall–Kier alpha value is -0.620. The van der Waals surface area contributed by atoms with E-state index >= 15 is 0 Å². The maximum absolute atomic E-state index is 11.1. The van der Waals surface area contributed by atoms with E-state index in [-0.39, 0.29) is 5.75 Å². The van der Waals surface area contributed by atoms with Crippen molar-refractivity contribution < 1.29 is 17.4 Å². The van der Waals surface area contributed by atoms with Gasteiger partial charge in [-0.1, -0.05) is 22.0 Å². The normalized spacial score (nSPS) is 11.2. The first-order valence-corrected chi connectivity index (χ1v) is 6.29. The Morgan fingerprint density at radius 3 is 2.38 bits per heavy atom. The van der Waals surface area contributed by atoms with Gasteiger partial charge in [0.2, 0.25) is 12.4 Å². The van der Waals surface area contributed by atoms with Gasteiger partial charge in [0.15, 0.2) is 0 Å². The van der Waals surface area contributed by atoms with Gasteiger partial charge in [-0.3, -0.25) is 0 Å². The zero-order valence-electron chi connectivity index (χ0n) is 6.76. The van der Waals surface area contributed by atoms with Crippen LogP contribution in [0.25, 0.3) is 0 Å². The Balaban J connectivity index is 2.70. The van der Waals surface area contributed by atoms with Crippen LogP contribution in [-0.2, 0) is 10.1 Å². The molecule has 0 atom stereocenters. The van der Waals surface area contributed by atoms with E-state index in [9.17, 15) is 8.42 Å². The molecule has 0 aliphatic rings. The molecule has 6 heteroatoms. The second-order valence-electron chi connectivity index (χ2n) is 2.26. The minimum Gasteiger partial charge on any atom is -0.181 e. The number of aromatic nitrogens is 1. The number of rotatable bonds is 4. The van der Waals surface area contributed by atoms with Crippen molar-refractivity contribution in [3.63, 3.8) is 0 Å². The first-order valence-electron chi connectivity index (χ1n) is 3.59. The van der Waals surface area contributed by atoms with E-state index in [1.165, 1.54) is 12.4 Å². The molecule has 0 unspecified atom stereocenters. The highest BCUT2D eigenvalue weighted by molar-refractivity contribution is 9.09. The van der Waals surface area contributed by atoms with Crippen molar-refractivity contribution in [3.05, 3.63) is 30.6 Å². The summed E-state index contributed by atoms with van der Waals surface area (Å²) in [4.78, 5) is 0. The lowest BCUT2D eigenvalue weighted by Crippen LogP contribution is -2.45. The third-order valence-corrected chi connectivity index (χ3v) is 3.24. The van der Waals surface area contributed by atoms with Crippen LogP contribution < -0.4 is 9.01 Å². The van der Waals surface area contributed by atoms with Crippen molar-refractivity contribution in [1.29, 1.82) is 0 Å². The molecule has 1 rings (SSSR count). The van der Waals surface area contributed by atoms with Crippen molar-refractivity contribution in [2.75, 3.05) is 11.1 Å². The highest BCUT2D eigenvalue weighted by Crippen LogP contribution is 1.89. The number of hydrogen-bond donors (Lipinski definition) is 0. The number of nitrogens with zero attached hydrogens (tertiary/aromatic N) is 1. The van der Waals surface area contributed by atoms with Gasteiger partial charge in [-0.15, -0.1) is 4.28 Å². The van der Waals surface area contributed by atoms with Gasteiger partial charge >= 0.3 is 10.1 Å². The van der Waals surface area contributed by atoms with Crippen molar-refractivity contribution >= 4 is 26.0 Å². The smallest absolute Gasteiger partial charge is 0.181 e. The van der Waals surface area contributed by atoms with Crippen LogP contribution in [-0.4, -0.2) is 19.5 Å². The fourth-order valence-electron chi connectivity index (χ4n) is 0.695. The number of pyridine rings is 1. The first kappa shape index (κ1) is 10.5. The molecule has 1 aromatic heterocycles. The van der Waals surface area contributed by atoms with E-state index in [1.54, 1.807) is 18.2 Å². The molecule has 0 N–H and O–H groups in total. The monoisotopic (exact) mass is 266 g/mol. The molecule has 0 amide bonds. The van der Waals surface area contributed by atoms with Crippen LogP contribution in [0.3, 0.4) is 0 Å². The maximum Gasteiger partial charge on any atom is 0.368 e. The minimum absolute atomic E-state index is 0.0467. The first-order chi connectivity index (χ1) is 6.14. The van der Waals surface area contributed by atoms with E-state index in [4.69, 9.17) is 4.28 Å². The molecule has 1 heterocycles. The van der Waals surface area contributed by atoms with Crippen molar-refractivity contribution in [1.82, 2.24) is 0 Å². The van der Waals surface area contributed by atoms with Crippen LogP contribution in [0, 0.1) is 0 Å². The van der Waals surface area contributed by atoms with E-state index in [0.717, 1.165) is 4.73 Å². The summed E-state index contributed by atoms with van der Waals surface area (Å²) >= 11 is 3.03. The van der Waals surface area contributed by atoms with Gasteiger partial charge in [-0.2, -0.15) is 8.42 Å². The maximum atomic E-state index is 11.1. The van der Waals surface area contributed by atoms with Crippen LogP contribution in [0.4, 0.5) is 0 Å². The van der Waals surface area contributed by atoms with Crippen LogP contribution in [0.15, 0.2) is 30.6 Å². The summed E-state index contributed by atoms with van der Waals surface area (Å²) in [6.45, 7) is 0. The topological polar surface area (TPSA) is 47.3 Å². The van der Waals surface area contributed by atoms with Crippen LogP contribution in [0.5, 0.6) is 0 Å². The molecule has 0 radical (unpaired) electrons. The third-order valence-electron chi connectivity index (χ3n) is 1.21. The Morgan fingerprint density at radius 2 is 1.85 bits per heavy atom. The van der Waals surface area contributed by atoms with Crippen LogP contribution in [0.2, 0.25) is 0 Å². The molecule has 4 nitrogen and oxygen atoms in total. The molecule has 0 bridgehead atoms. The zero-order valence-corrected chi connectivity index (χ0v) is 9.16. The molecule has 13 heavy (non-hydrogen) atoms. The minimum atomic E-state index is -3.47. The Morgan fingerprint density at radius 1 is 1.23 bits per heavy atom. The molecule has 0 fully saturated rings. The van der Waals surface area contributed by atoms with Crippen molar-refractivity contribution in [2.45, 2.75) is 0 Å². The number of halogens is 1. The van der Waals surface area contributed by atoms with Gasteiger partial charge < -0.3 is 0 Å². The second-order valence-corrected chi connectivity index (χ2v) is 4.73. The van der Waals surface area contributed by atoms with E-state index in [1.807, 2.05) is 0 Å². The van der Waals surface area contributed by atoms with E-state index in [0.29, 0.717) is 5.33 Å². The van der Waals surface area contributed by atoms with Crippen LogP contribution in [0.1, 0.15) is 0 Å². The number of hydrogen-bond acceptors (Lipinski definition) is 3. The summed E-state index contributed by atoms with van der Waals surface area (Å²) in [5.74, 6) is -0.0467.